The maximum Gasteiger partial charge on any atom is 0.129 e. The second-order valence-corrected chi connectivity index (χ2v) is 2.55. The second-order valence-electron chi connectivity index (χ2n) is 2.17. The summed E-state index contributed by atoms with van der Waals surface area (Å²) in [6.45, 7) is 0.198. The van der Waals surface area contributed by atoms with E-state index < -0.39 is 6.10 Å². The summed E-state index contributed by atoms with van der Waals surface area (Å²) in [5, 5.41) is 9.63. The van der Waals surface area contributed by atoms with Crippen molar-refractivity contribution in [1.29, 1.82) is 0 Å². The van der Waals surface area contributed by atoms with E-state index in [1.54, 1.807) is 12.1 Å². The van der Waals surface area contributed by atoms with Crippen molar-refractivity contribution in [3.63, 3.8) is 0 Å². The third-order valence-electron chi connectivity index (χ3n) is 1.36. The fourth-order valence-electron chi connectivity index (χ4n) is 0.720. The van der Waals surface area contributed by atoms with E-state index in [0.29, 0.717) is 10.7 Å². The zero-order valence-corrected chi connectivity index (χ0v) is 6.62. The second kappa shape index (κ2) is 3.67. The fraction of sp³-hybridized carbons (Fsp3) is 0.286. The molecule has 1 heterocycles. The van der Waals surface area contributed by atoms with Crippen LogP contribution in [0.4, 0.5) is 0 Å². The predicted octanol–water partition coefficient (Wildman–Crippen LogP) is 0.727. The normalized spacial score (nSPS) is 13.0. The van der Waals surface area contributed by atoms with Gasteiger partial charge in [-0.1, -0.05) is 17.7 Å². The van der Waals surface area contributed by atoms with Crippen LogP contribution in [0.3, 0.4) is 0 Å². The van der Waals surface area contributed by atoms with Crippen molar-refractivity contribution in [2.24, 2.45) is 5.73 Å². The summed E-state index contributed by atoms with van der Waals surface area (Å²) in [6, 6.07) is 3.32. The van der Waals surface area contributed by atoms with Gasteiger partial charge in [0.05, 0.1) is 6.10 Å². The summed E-state index contributed by atoms with van der Waals surface area (Å²) < 4.78 is 0. The van der Waals surface area contributed by atoms with Gasteiger partial charge in [-0.3, -0.25) is 0 Å². The minimum Gasteiger partial charge on any atom is -0.387 e. The molecule has 0 aliphatic rings. The van der Waals surface area contributed by atoms with Gasteiger partial charge in [0.1, 0.15) is 5.15 Å². The van der Waals surface area contributed by atoms with Gasteiger partial charge in [-0.15, -0.1) is 0 Å². The van der Waals surface area contributed by atoms with E-state index in [0.717, 1.165) is 0 Å². The lowest BCUT2D eigenvalue weighted by atomic mass is 10.2. The Bertz CT molecular complexity index is 224. The van der Waals surface area contributed by atoms with Gasteiger partial charge in [0.15, 0.2) is 0 Å². The number of pyridine rings is 1. The van der Waals surface area contributed by atoms with Gasteiger partial charge in [0.25, 0.3) is 0 Å². The topological polar surface area (TPSA) is 59.1 Å². The molecule has 0 amide bonds. The first-order valence-corrected chi connectivity index (χ1v) is 3.61. The summed E-state index contributed by atoms with van der Waals surface area (Å²) in [5.41, 5.74) is 5.92. The molecule has 0 aliphatic carbocycles. The van der Waals surface area contributed by atoms with Crippen LogP contribution < -0.4 is 5.73 Å². The van der Waals surface area contributed by atoms with E-state index in [9.17, 15) is 5.11 Å². The number of hydrogen-bond donors (Lipinski definition) is 2. The highest BCUT2D eigenvalue weighted by molar-refractivity contribution is 6.29. The average Bonchev–Trinajstić information content (AvgIpc) is 2.05. The molecule has 0 fully saturated rings. The van der Waals surface area contributed by atoms with E-state index in [4.69, 9.17) is 17.3 Å². The monoisotopic (exact) mass is 172 g/mol. The van der Waals surface area contributed by atoms with Crippen molar-refractivity contribution < 1.29 is 5.11 Å². The van der Waals surface area contributed by atoms with E-state index in [1.807, 2.05) is 0 Å². The Balaban J connectivity index is 2.81. The first-order valence-electron chi connectivity index (χ1n) is 3.23. The molecule has 4 heteroatoms. The van der Waals surface area contributed by atoms with Crippen molar-refractivity contribution in [3.05, 3.63) is 29.0 Å². The number of nitrogens with zero attached hydrogens (tertiary/aromatic N) is 1. The third-order valence-corrected chi connectivity index (χ3v) is 1.58. The van der Waals surface area contributed by atoms with Crippen LogP contribution in [0.2, 0.25) is 5.15 Å². The molecule has 11 heavy (non-hydrogen) atoms. The molecule has 1 atom stereocenters. The Morgan fingerprint density at radius 1 is 1.64 bits per heavy atom. The Labute approximate surface area is 69.8 Å². The zero-order chi connectivity index (χ0) is 8.27. The highest BCUT2D eigenvalue weighted by Crippen LogP contribution is 2.11. The van der Waals surface area contributed by atoms with Gasteiger partial charge in [-0.25, -0.2) is 4.98 Å². The minimum atomic E-state index is -0.639. The molecule has 0 unspecified atom stereocenters. The molecule has 0 spiro atoms. The Morgan fingerprint density at radius 2 is 2.36 bits per heavy atom. The van der Waals surface area contributed by atoms with Crippen LogP contribution in [-0.2, 0) is 0 Å². The number of rotatable bonds is 2. The molecule has 0 aromatic carbocycles. The zero-order valence-electron chi connectivity index (χ0n) is 5.87. The fourth-order valence-corrected chi connectivity index (χ4v) is 0.832. The van der Waals surface area contributed by atoms with Crippen LogP contribution in [0.5, 0.6) is 0 Å². The smallest absolute Gasteiger partial charge is 0.129 e. The van der Waals surface area contributed by atoms with Crippen LogP contribution in [-0.4, -0.2) is 16.6 Å². The van der Waals surface area contributed by atoms with E-state index in [1.165, 1.54) is 6.20 Å². The maximum atomic E-state index is 9.21. The lowest BCUT2D eigenvalue weighted by molar-refractivity contribution is 0.186. The number of halogens is 1. The van der Waals surface area contributed by atoms with Gasteiger partial charge < -0.3 is 10.8 Å². The molecule has 0 saturated heterocycles. The molecule has 3 nitrogen and oxygen atoms in total. The highest BCUT2D eigenvalue weighted by atomic mass is 35.5. The molecule has 60 valence electrons. The highest BCUT2D eigenvalue weighted by Gasteiger charge is 2.03. The Kier molecular flexibility index (Phi) is 2.82. The van der Waals surface area contributed by atoms with Gasteiger partial charge in [0.2, 0.25) is 0 Å². The van der Waals surface area contributed by atoms with Crippen LogP contribution in [0.1, 0.15) is 11.7 Å². The molecule has 3 N–H and O–H groups in total. The standard InChI is InChI=1S/C7H9ClN2O/c8-7-2-1-5(4-10-7)6(11)3-9/h1-2,4,6,11H,3,9H2/t6-/m0/s1. The van der Waals surface area contributed by atoms with Gasteiger partial charge in [-0.05, 0) is 6.07 Å². The van der Waals surface area contributed by atoms with E-state index in [2.05, 4.69) is 4.98 Å². The predicted molar refractivity (Wildman–Crippen MR) is 43.3 cm³/mol. The lowest BCUT2D eigenvalue weighted by Gasteiger charge is -2.05. The molecule has 1 rings (SSSR count). The maximum absolute atomic E-state index is 9.21. The third kappa shape index (κ3) is 2.15. The Morgan fingerprint density at radius 3 is 2.82 bits per heavy atom. The number of aliphatic hydroxyl groups excluding tert-OH is 1. The molecule has 1 aromatic heterocycles. The summed E-state index contributed by atoms with van der Waals surface area (Å²) in [7, 11) is 0. The quantitative estimate of drug-likeness (QED) is 0.647. The van der Waals surface area contributed by atoms with E-state index in [-0.39, 0.29) is 6.54 Å². The molecule has 0 saturated carbocycles. The Hall–Kier alpha value is -0.640. The van der Waals surface area contributed by atoms with Gasteiger partial charge in [0, 0.05) is 18.3 Å². The van der Waals surface area contributed by atoms with E-state index >= 15 is 0 Å². The summed E-state index contributed by atoms with van der Waals surface area (Å²) in [5.74, 6) is 0. The molecule has 1 aromatic rings. The van der Waals surface area contributed by atoms with Crippen LogP contribution >= 0.6 is 11.6 Å². The van der Waals surface area contributed by atoms with Crippen molar-refractivity contribution in [1.82, 2.24) is 4.98 Å². The van der Waals surface area contributed by atoms with Crippen LogP contribution in [0.15, 0.2) is 18.3 Å². The molecule has 0 bridgehead atoms. The lowest BCUT2D eigenvalue weighted by Crippen LogP contribution is -2.11. The number of aliphatic hydroxyl groups is 1. The summed E-state index contributed by atoms with van der Waals surface area (Å²) in [6.07, 6.45) is 0.875. The van der Waals surface area contributed by atoms with Crippen molar-refractivity contribution in [2.75, 3.05) is 6.54 Å². The summed E-state index contributed by atoms with van der Waals surface area (Å²) >= 11 is 5.54. The van der Waals surface area contributed by atoms with Crippen molar-refractivity contribution in [3.8, 4) is 0 Å². The number of hydrogen-bond acceptors (Lipinski definition) is 3. The first kappa shape index (κ1) is 8.46. The number of nitrogens with two attached hydrogens (primary N) is 1. The first-order chi connectivity index (χ1) is 5.24. The van der Waals surface area contributed by atoms with Crippen LogP contribution in [0.25, 0.3) is 0 Å². The van der Waals surface area contributed by atoms with Crippen molar-refractivity contribution >= 4 is 11.6 Å². The summed E-state index contributed by atoms with van der Waals surface area (Å²) in [4.78, 5) is 3.80. The SMILES string of the molecule is NC[C@H](O)c1ccc(Cl)nc1. The minimum absolute atomic E-state index is 0.198. The van der Waals surface area contributed by atoms with Crippen LogP contribution in [0, 0.1) is 0 Å². The molecule has 0 aliphatic heterocycles. The molecule has 0 radical (unpaired) electrons. The molecular formula is C7H9ClN2O. The van der Waals surface area contributed by atoms with Gasteiger partial charge in [-0.2, -0.15) is 0 Å². The number of aromatic nitrogens is 1. The van der Waals surface area contributed by atoms with Gasteiger partial charge >= 0.3 is 0 Å². The molecular weight excluding hydrogens is 164 g/mol. The largest absolute Gasteiger partial charge is 0.387 e. The average molecular weight is 173 g/mol. The van der Waals surface area contributed by atoms with Crippen molar-refractivity contribution in [2.45, 2.75) is 6.10 Å².